The average Bonchev–Trinajstić information content (AvgIpc) is 2.55. The van der Waals surface area contributed by atoms with Crippen LogP contribution in [-0.2, 0) is 4.79 Å². The van der Waals surface area contributed by atoms with Gasteiger partial charge in [0.25, 0.3) is 5.91 Å². The second-order valence-corrected chi connectivity index (χ2v) is 7.62. The van der Waals surface area contributed by atoms with Crippen LogP contribution in [-0.4, -0.2) is 29.6 Å². The average molecular weight is 332 g/mol. The SMILES string of the molecule is CC(C)(C)C(=O)Nc1ccccc1C(=O)NC1CCC(CO)CC1. The summed E-state index contributed by atoms with van der Waals surface area (Å²) in [6.45, 7) is 5.74. The topological polar surface area (TPSA) is 78.4 Å². The Hall–Kier alpha value is -1.88. The van der Waals surface area contributed by atoms with E-state index in [9.17, 15) is 14.7 Å². The van der Waals surface area contributed by atoms with Crippen molar-refractivity contribution in [2.24, 2.45) is 11.3 Å². The van der Waals surface area contributed by atoms with Crippen LogP contribution in [0.3, 0.4) is 0 Å². The van der Waals surface area contributed by atoms with E-state index in [1.54, 1.807) is 18.2 Å². The molecule has 2 amide bonds. The van der Waals surface area contributed by atoms with Crippen molar-refractivity contribution < 1.29 is 14.7 Å². The van der Waals surface area contributed by atoms with Crippen LogP contribution in [0.5, 0.6) is 0 Å². The van der Waals surface area contributed by atoms with E-state index >= 15 is 0 Å². The molecule has 0 unspecified atom stereocenters. The Morgan fingerprint density at radius 3 is 2.33 bits per heavy atom. The predicted octanol–water partition coefficient (Wildman–Crippen LogP) is 2.95. The van der Waals surface area contributed by atoms with Crippen molar-refractivity contribution in [1.29, 1.82) is 0 Å². The Bertz CT molecular complexity index is 585. The number of carbonyl (C=O) groups excluding carboxylic acids is 2. The standard InChI is InChI=1S/C19H28N2O3/c1-19(2,3)18(24)21-16-7-5-4-6-15(16)17(23)20-14-10-8-13(12-22)9-11-14/h4-7,13-14,22H,8-12H2,1-3H3,(H,20,23)(H,21,24). The molecule has 1 fully saturated rings. The van der Waals surface area contributed by atoms with Crippen molar-refractivity contribution in [1.82, 2.24) is 5.32 Å². The summed E-state index contributed by atoms with van der Waals surface area (Å²) >= 11 is 0. The molecule has 5 heteroatoms. The van der Waals surface area contributed by atoms with Crippen molar-refractivity contribution in [2.75, 3.05) is 11.9 Å². The summed E-state index contributed by atoms with van der Waals surface area (Å²) in [5, 5.41) is 15.1. The first-order chi connectivity index (χ1) is 11.3. The number of amides is 2. The summed E-state index contributed by atoms with van der Waals surface area (Å²) < 4.78 is 0. The van der Waals surface area contributed by atoms with Crippen LogP contribution in [0, 0.1) is 11.3 Å². The van der Waals surface area contributed by atoms with Crippen molar-refractivity contribution in [3.63, 3.8) is 0 Å². The number of carbonyl (C=O) groups is 2. The van der Waals surface area contributed by atoms with E-state index in [-0.39, 0.29) is 24.5 Å². The molecule has 0 bridgehead atoms. The Morgan fingerprint density at radius 2 is 1.75 bits per heavy atom. The fourth-order valence-electron chi connectivity index (χ4n) is 2.85. The van der Waals surface area contributed by atoms with Crippen molar-refractivity contribution >= 4 is 17.5 Å². The predicted molar refractivity (Wildman–Crippen MR) is 94.8 cm³/mol. The summed E-state index contributed by atoms with van der Waals surface area (Å²) in [5.74, 6) is 0.0787. The minimum Gasteiger partial charge on any atom is -0.396 e. The van der Waals surface area contributed by atoms with Gasteiger partial charge in [-0.1, -0.05) is 32.9 Å². The maximum atomic E-state index is 12.6. The molecule has 132 valence electrons. The maximum absolute atomic E-state index is 12.6. The van der Waals surface area contributed by atoms with E-state index in [4.69, 9.17) is 0 Å². The molecule has 24 heavy (non-hydrogen) atoms. The molecule has 1 saturated carbocycles. The highest BCUT2D eigenvalue weighted by molar-refractivity contribution is 6.04. The molecule has 0 saturated heterocycles. The second-order valence-electron chi connectivity index (χ2n) is 7.62. The molecule has 3 N–H and O–H groups in total. The number of anilines is 1. The van der Waals surface area contributed by atoms with Gasteiger partial charge in [0.2, 0.25) is 5.91 Å². The van der Waals surface area contributed by atoms with E-state index in [1.165, 1.54) is 0 Å². The Labute approximate surface area is 143 Å². The fourth-order valence-corrected chi connectivity index (χ4v) is 2.85. The first-order valence-electron chi connectivity index (χ1n) is 8.63. The van der Waals surface area contributed by atoms with E-state index in [0.29, 0.717) is 17.2 Å². The van der Waals surface area contributed by atoms with Gasteiger partial charge >= 0.3 is 0 Å². The third-order valence-electron chi connectivity index (χ3n) is 4.54. The smallest absolute Gasteiger partial charge is 0.253 e. The van der Waals surface area contributed by atoms with Crippen LogP contribution in [0.25, 0.3) is 0 Å². The summed E-state index contributed by atoms with van der Waals surface area (Å²) in [7, 11) is 0. The molecule has 2 rings (SSSR count). The van der Waals surface area contributed by atoms with Gasteiger partial charge in [0, 0.05) is 18.1 Å². The first kappa shape index (κ1) is 18.5. The number of nitrogens with one attached hydrogen (secondary N) is 2. The van der Waals surface area contributed by atoms with Gasteiger partial charge in [-0.2, -0.15) is 0 Å². The lowest BCUT2D eigenvalue weighted by molar-refractivity contribution is -0.123. The molecule has 0 aliphatic heterocycles. The van der Waals surface area contributed by atoms with E-state index in [2.05, 4.69) is 10.6 Å². The minimum atomic E-state index is -0.522. The molecule has 5 nitrogen and oxygen atoms in total. The van der Waals surface area contributed by atoms with Gasteiger partial charge < -0.3 is 15.7 Å². The molecule has 0 aromatic heterocycles. The number of hydrogen-bond donors (Lipinski definition) is 3. The molecule has 1 aliphatic carbocycles. The zero-order chi connectivity index (χ0) is 17.7. The van der Waals surface area contributed by atoms with Crippen molar-refractivity contribution in [2.45, 2.75) is 52.5 Å². The van der Waals surface area contributed by atoms with Gasteiger partial charge in [0.15, 0.2) is 0 Å². The molecule has 0 heterocycles. The van der Waals surface area contributed by atoms with Crippen LogP contribution in [0.2, 0.25) is 0 Å². The maximum Gasteiger partial charge on any atom is 0.253 e. The number of rotatable bonds is 4. The zero-order valence-corrected chi connectivity index (χ0v) is 14.8. The Kier molecular flexibility index (Phi) is 5.99. The van der Waals surface area contributed by atoms with Gasteiger partial charge in [-0.3, -0.25) is 9.59 Å². The fraction of sp³-hybridized carbons (Fsp3) is 0.579. The summed E-state index contributed by atoms with van der Waals surface area (Å²) in [5.41, 5.74) is 0.505. The summed E-state index contributed by atoms with van der Waals surface area (Å²) in [4.78, 5) is 24.8. The van der Waals surface area contributed by atoms with Crippen LogP contribution in [0.4, 0.5) is 5.69 Å². The summed E-state index contributed by atoms with van der Waals surface area (Å²) in [6, 6.07) is 7.21. The normalized spacial score (nSPS) is 21.2. The highest BCUT2D eigenvalue weighted by atomic mass is 16.3. The van der Waals surface area contributed by atoms with Crippen LogP contribution in [0.1, 0.15) is 56.8 Å². The lowest BCUT2D eigenvalue weighted by atomic mass is 9.86. The Morgan fingerprint density at radius 1 is 1.12 bits per heavy atom. The minimum absolute atomic E-state index is 0.119. The molecule has 1 aromatic carbocycles. The number of benzene rings is 1. The number of hydrogen-bond acceptors (Lipinski definition) is 3. The van der Waals surface area contributed by atoms with Crippen molar-refractivity contribution in [3.05, 3.63) is 29.8 Å². The highest BCUT2D eigenvalue weighted by Crippen LogP contribution is 2.25. The third kappa shape index (κ3) is 4.81. The zero-order valence-electron chi connectivity index (χ0n) is 14.8. The Balaban J connectivity index is 2.03. The number of para-hydroxylation sites is 1. The number of aliphatic hydroxyl groups is 1. The molecule has 0 atom stereocenters. The molecule has 1 aromatic rings. The van der Waals surface area contributed by atoms with Crippen molar-refractivity contribution in [3.8, 4) is 0 Å². The van der Waals surface area contributed by atoms with Gasteiger partial charge in [-0.15, -0.1) is 0 Å². The largest absolute Gasteiger partial charge is 0.396 e. The molecule has 0 spiro atoms. The van der Waals surface area contributed by atoms with Crippen LogP contribution < -0.4 is 10.6 Å². The monoisotopic (exact) mass is 332 g/mol. The van der Waals surface area contributed by atoms with E-state index in [0.717, 1.165) is 25.7 Å². The second kappa shape index (κ2) is 7.79. The number of aliphatic hydroxyl groups excluding tert-OH is 1. The highest BCUT2D eigenvalue weighted by Gasteiger charge is 2.25. The van der Waals surface area contributed by atoms with Gasteiger partial charge in [-0.05, 0) is 43.7 Å². The van der Waals surface area contributed by atoms with Crippen LogP contribution >= 0.6 is 0 Å². The lowest BCUT2D eigenvalue weighted by Crippen LogP contribution is -2.38. The molecule has 1 aliphatic rings. The van der Waals surface area contributed by atoms with Gasteiger partial charge in [0.05, 0.1) is 11.3 Å². The van der Waals surface area contributed by atoms with Gasteiger partial charge in [-0.25, -0.2) is 0 Å². The van der Waals surface area contributed by atoms with Gasteiger partial charge in [0.1, 0.15) is 0 Å². The third-order valence-corrected chi connectivity index (χ3v) is 4.54. The van der Waals surface area contributed by atoms with E-state index in [1.807, 2.05) is 26.8 Å². The quantitative estimate of drug-likeness (QED) is 0.793. The molecular weight excluding hydrogens is 304 g/mol. The lowest BCUT2D eigenvalue weighted by Gasteiger charge is -2.28. The summed E-state index contributed by atoms with van der Waals surface area (Å²) in [6.07, 6.45) is 3.63. The first-order valence-corrected chi connectivity index (χ1v) is 8.63. The molecule has 0 radical (unpaired) electrons. The van der Waals surface area contributed by atoms with Crippen LogP contribution in [0.15, 0.2) is 24.3 Å². The molecular formula is C19H28N2O3. The van der Waals surface area contributed by atoms with E-state index < -0.39 is 5.41 Å².